The third-order valence-electron chi connectivity index (χ3n) is 2.57. The van der Waals surface area contributed by atoms with E-state index in [0.717, 1.165) is 16.3 Å². The van der Waals surface area contributed by atoms with Gasteiger partial charge in [0.25, 0.3) is 0 Å². The summed E-state index contributed by atoms with van der Waals surface area (Å²) in [4.78, 5) is 11.4. The number of hydrogen-bond acceptors (Lipinski definition) is 4. The number of nitrogens with two attached hydrogens (primary N) is 1. The van der Waals surface area contributed by atoms with Crippen molar-refractivity contribution in [1.29, 1.82) is 0 Å². The van der Waals surface area contributed by atoms with E-state index in [0.29, 0.717) is 23.5 Å². The molecule has 0 fully saturated rings. The van der Waals surface area contributed by atoms with Gasteiger partial charge < -0.3 is 5.73 Å². The lowest BCUT2D eigenvalue weighted by Crippen LogP contribution is -1.95. The van der Waals surface area contributed by atoms with E-state index in [4.69, 9.17) is 5.73 Å². The highest BCUT2D eigenvalue weighted by Crippen LogP contribution is 2.32. The van der Waals surface area contributed by atoms with E-state index in [1.165, 1.54) is 0 Å². The fraction of sp³-hybridized carbons (Fsp3) is 0.143. The van der Waals surface area contributed by atoms with Crippen LogP contribution in [-0.2, 0) is 0 Å². The minimum atomic E-state index is 0.360. The summed E-state index contributed by atoms with van der Waals surface area (Å²) in [5.41, 5.74) is 6.59. The van der Waals surface area contributed by atoms with Crippen molar-refractivity contribution in [3.8, 4) is 11.8 Å². The van der Waals surface area contributed by atoms with Crippen LogP contribution in [0, 0.1) is 16.7 Å². The number of benzene rings is 2. The predicted octanol–water partition coefficient (Wildman–Crippen LogP) is 3.23. The van der Waals surface area contributed by atoms with Gasteiger partial charge in [-0.3, -0.25) is 0 Å². The van der Waals surface area contributed by atoms with Crippen molar-refractivity contribution < 1.29 is 0 Å². The van der Waals surface area contributed by atoms with Gasteiger partial charge in [-0.15, -0.1) is 17.5 Å². The van der Waals surface area contributed by atoms with E-state index in [1.807, 2.05) is 24.3 Å². The van der Waals surface area contributed by atoms with Crippen molar-refractivity contribution in [2.24, 2.45) is 10.9 Å². The number of rotatable bonds is 2. The zero-order valence-corrected chi connectivity index (χ0v) is 10.6. The van der Waals surface area contributed by atoms with Gasteiger partial charge in [-0.2, -0.15) is 0 Å². The maximum Gasteiger partial charge on any atom is 0.129 e. The van der Waals surface area contributed by atoms with Crippen LogP contribution in [0.25, 0.3) is 10.8 Å². The maximum absolute atomic E-state index is 10.9. The Morgan fingerprint density at radius 1 is 1.28 bits per heavy atom. The second-order valence-electron chi connectivity index (χ2n) is 3.80. The summed E-state index contributed by atoms with van der Waals surface area (Å²) in [6.45, 7) is 0.544. The molecule has 0 atom stereocenters. The number of nitrogens with zero attached hydrogens (tertiary/aromatic N) is 1. The van der Waals surface area contributed by atoms with Crippen LogP contribution in [0.2, 0.25) is 0 Å². The summed E-state index contributed by atoms with van der Waals surface area (Å²) in [5, 5.41) is 4.77. The number of nitroso groups, excluding NO2 is 1. The first-order chi connectivity index (χ1) is 8.76. The summed E-state index contributed by atoms with van der Waals surface area (Å²) in [6, 6.07) is 9.36. The van der Waals surface area contributed by atoms with Gasteiger partial charge in [0, 0.05) is 28.8 Å². The zero-order chi connectivity index (χ0) is 13.0. The van der Waals surface area contributed by atoms with Crippen molar-refractivity contribution in [2.45, 2.75) is 11.3 Å². The molecule has 0 aromatic heterocycles. The monoisotopic (exact) mass is 256 g/mol. The molecule has 2 rings (SSSR count). The highest BCUT2D eigenvalue weighted by atomic mass is 32.1. The summed E-state index contributed by atoms with van der Waals surface area (Å²) >= 11 is 4.23. The van der Waals surface area contributed by atoms with E-state index < -0.39 is 0 Å². The molecule has 2 N–H and O–H groups in total. The van der Waals surface area contributed by atoms with Crippen LogP contribution < -0.4 is 5.73 Å². The Kier molecular flexibility index (Phi) is 3.98. The van der Waals surface area contributed by atoms with Crippen molar-refractivity contribution in [3.05, 3.63) is 40.8 Å². The fourth-order valence-electron chi connectivity index (χ4n) is 1.70. The molecule has 0 aliphatic rings. The van der Waals surface area contributed by atoms with Crippen molar-refractivity contribution in [1.82, 2.24) is 0 Å². The van der Waals surface area contributed by atoms with Gasteiger partial charge in [0.15, 0.2) is 0 Å². The molecule has 3 nitrogen and oxygen atoms in total. The van der Waals surface area contributed by atoms with E-state index in [9.17, 15) is 4.91 Å². The van der Waals surface area contributed by atoms with Gasteiger partial charge in [0.1, 0.15) is 5.69 Å². The van der Waals surface area contributed by atoms with Crippen LogP contribution in [0.5, 0.6) is 0 Å². The molecule has 0 saturated carbocycles. The van der Waals surface area contributed by atoms with Crippen molar-refractivity contribution in [3.63, 3.8) is 0 Å². The lowest BCUT2D eigenvalue weighted by Gasteiger charge is -2.03. The number of thiol groups is 1. The van der Waals surface area contributed by atoms with E-state index in [1.54, 1.807) is 6.07 Å². The molecule has 4 heteroatoms. The smallest absolute Gasteiger partial charge is 0.129 e. The summed E-state index contributed by atoms with van der Waals surface area (Å²) in [7, 11) is 0. The van der Waals surface area contributed by atoms with Crippen LogP contribution in [0.15, 0.2) is 40.4 Å². The lowest BCUT2D eigenvalue weighted by molar-refractivity contribution is 1.03. The molecule has 0 aliphatic heterocycles. The normalized spacial score (nSPS) is 9.89. The molecule has 0 heterocycles. The van der Waals surface area contributed by atoms with Gasteiger partial charge >= 0.3 is 0 Å². The predicted molar refractivity (Wildman–Crippen MR) is 77.2 cm³/mol. The standard InChI is InChI=1S/C14H12N2OS/c15-8-2-1-3-10-4-5-11-6-7-13(18)14(16-17)12(11)9-10/h4-7,9,18H,2,8,15H2. The van der Waals surface area contributed by atoms with Gasteiger partial charge in [-0.1, -0.05) is 24.0 Å². The van der Waals surface area contributed by atoms with Crippen molar-refractivity contribution in [2.75, 3.05) is 6.54 Å². The van der Waals surface area contributed by atoms with Crippen LogP contribution in [0.3, 0.4) is 0 Å². The SMILES string of the molecule is NCCC#Cc1ccc2ccc(S)c(N=O)c2c1. The summed E-state index contributed by atoms with van der Waals surface area (Å²) in [6.07, 6.45) is 0.656. The summed E-state index contributed by atoms with van der Waals surface area (Å²) in [5.74, 6) is 5.98. The molecule has 2 aromatic rings. The Labute approximate surface area is 111 Å². The molecule has 0 saturated heterocycles. The Balaban J connectivity index is 2.56. The number of hydrogen-bond donors (Lipinski definition) is 2. The number of fused-ring (bicyclic) bond motifs is 1. The first-order valence-corrected chi connectivity index (χ1v) is 5.99. The second-order valence-corrected chi connectivity index (χ2v) is 4.28. The van der Waals surface area contributed by atoms with Crippen LogP contribution in [0.1, 0.15) is 12.0 Å². The van der Waals surface area contributed by atoms with Gasteiger partial charge in [0.2, 0.25) is 0 Å². The Bertz CT molecular complexity index is 656. The van der Waals surface area contributed by atoms with Gasteiger partial charge in [0.05, 0.1) is 0 Å². The fourth-order valence-corrected chi connectivity index (χ4v) is 1.94. The third-order valence-corrected chi connectivity index (χ3v) is 2.93. The maximum atomic E-state index is 10.9. The van der Waals surface area contributed by atoms with E-state index in [2.05, 4.69) is 29.6 Å². The van der Waals surface area contributed by atoms with Gasteiger partial charge in [-0.25, -0.2) is 0 Å². The van der Waals surface area contributed by atoms with Gasteiger partial charge in [-0.05, 0) is 28.8 Å². The Hall–Kier alpha value is -1.83. The molecule has 2 aromatic carbocycles. The molecule has 0 aliphatic carbocycles. The second kappa shape index (κ2) is 5.67. The molecule has 0 spiro atoms. The molecule has 18 heavy (non-hydrogen) atoms. The van der Waals surface area contributed by atoms with Crippen LogP contribution in [0.4, 0.5) is 5.69 Å². The molecule has 0 unspecified atom stereocenters. The van der Waals surface area contributed by atoms with Crippen LogP contribution >= 0.6 is 12.6 Å². The highest BCUT2D eigenvalue weighted by molar-refractivity contribution is 7.80. The van der Waals surface area contributed by atoms with Crippen molar-refractivity contribution >= 4 is 29.1 Å². The summed E-state index contributed by atoms with van der Waals surface area (Å²) < 4.78 is 0. The zero-order valence-electron chi connectivity index (χ0n) is 9.68. The van der Waals surface area contributed by atoms with E-state index in [-0.39, 0.29) is 0 Å². The Morgan fingerprint density at radius 2 is 2.06 bits per heavy atom. The minimum absolute atomic E-state index is 0.360. The average Bonchev–Trinajstić information content (AvgIpc) is 2.39. The quantitative estimate of drug-likeness (QED) is 0.492. The molecule has 90 valence electrons. The topological polar surface area (TPSA) is 55.4 Å². The average molecular weight is 256 g/mol. The van der Waals surface area contributed by atoms with E-state index >= 15 is 0 Å². The first-order valence-electron chi connectivity index (χ1n) is 5.54. The van der Waals surface area contributed by atoms with Crippen LogP contribution in [-0.4, -0.2) is 6.54 Å². The molecular formula is C14H12N2OS. The lowest BCUT2D eigenvalue weighted by atomic mass is 10.1. The Morgan fingerprint density at radius 3 is 2.78 bits per heavy atom. The molecule has 0 radical (unpaired) electrons. The first kappa shape index (κ1) is 12.6. The minimum Gasteiger partial charge on any atom is -0.330 e. The third kappa shape index (κ3) is 2.53. The highest BCUT2D eigenvalue weighted by Gasteiger charge is 2.06. The largest absolute Gasteiger partial charge is 0.330 e. The molecule has 0 amide bonds. The molecule has 0 bridgehead atoms. The molecular weight excluding hydrogens is 244 g/mol.